The molecule has 0 bridgehead atoms. The molecular formula is C11H18N4O2. The van der Waals surface area contributed by atoms with Crippen molar-refractivity contribution in [3.05, 3.63) is 17.8 Å². The van der Waals surface area contributed by atoms with Crippen LogP contribution < -0.4 is 16.8 Å². The third-order valence-electron chi connectivity index (χ3n) is 2.02. The van der Waals surface area contributed by atoms with Crippen molar-refractivity contribution in [2.45, 2.75) is 20.0 Å². The van der Waals surface area contributed by atoms with Gasteiger partial charge >= 0.3 is 0 Å². The average Bonchev–Trinajstić information content (AvgIpc) is 2.25. The van der Waals surface area contributed by atoms with Crippen molar-refractivity contribution in [2.75, 3.05) is 24.2 Å². The van der Waals surface area contributed by atoms with Gasteiger partial charge in [0.25, 0.3) is 5.91 Å². The van der Waals surface area contributed by atoms with Crippen LogP contribution in [0.2, 0.25) is 0 Å². The molecule has 1 rings (SSSR count). The smallest absolute Gasteiger partial charge is 0.252 e. The highest BCUT2D eigenvalue weighted by Crippen LogP contribution is 2.14. The van der Waals surface area contributed by atoms with Crippen molar-refractivity contribution < 1.29 is 9.53 Å². The Morgan fingerprint density at radius 1 is 1.59 bits per heavy atom. The molecule has 0 atom stereocenters. The molecule has 0 fully saturated rings. The van der Waals surface area contributed by atoms with Crippen molar-refractivity contribution in [3.8, 4) is 0 Å². The highest BCUT2D eigenvalue weighted by molar-refractivity contribution is 5.98. The van der Waals surface area contributed by atoms with Crippen LogP contribution in [0, 0.1) is 0 Å². The second-order valence-corrected chi connectivity index (χ2v) is 3.88. The minimum Gasteiger partial charge on any atom is -0.397 e. The lowest BCUT2D eigenvalue weighted by Crippen LogP contribution is -2.19. The number of hydrogen-bond donors (Lipinski definition) is 3. The summed E-state index contributed by atoms with van der Waals surface area (Å²) in [4.78, 5) is 15.2. The number of nitrogens with two attached hydrogens (primary N) is 2. The maximum atomic E-state index is 11.2. The molecule has 1 aromatic heterocycles. The molecule has 0 unspecified atom stereocenters. The molecular weight excluding hydrogens is 220 g/mol. The van der Waals surface area contributed by atoms with Gasteiger partial charge in [0.2, 0.25) is 0 Å². The van der Waals surface area contributed by atoms with Gasteiger partial charge in [-0.05, 0) is 19.9 Å². The van der Waals surface area contributed by atoms with Crippen LogP contribution in [-0.4, -0.2) is 30.1 Å². The van der Waals surface area contributed by atoms with Gasteiger partial charge in [0.1, 0.15) is 5.82 Å². The van der Waals surface area contributed by atoms with Gasteiger partial charge in [0, 0.05) is 6.54 Å². The van der Waals surface area contributed by atoms with Gasteiger partial charge in [0.05, 0.1) is 30.2 Å². The first-order valence-corrected chi connectivity index (χ1v) is 5.41. The summed E-state index contributed by atoms with van der Waals surface area (Å²) in [6.45, 7) is 4.99. The summed E-state index contributed by atoms with van der Waals surface area (Å²) in [5.41, 5.74) is 11.5. The summed E-state index contributed by atoms with van der Waals surface area (Å²) in [5.74, 6) is -0.129. The van der Waals surface area contributed by atoms with Crippen LogP contribution in [0.15, 0.2) is 12.3 Å². The molecule has 1 heterocycles. The van der Waals surface area contributed by atoms with E-state index in [-0.39, 0.29) is 11.7 Å². The first kappa shape index (κ1) is 13.2. The number of anilines is 2. The second kappa shape index (κ2) is 6.05. The highest BCUT2D eigenvalue weighted by Gasteiger charge is 2.09. The lowest BCUT2D eigenvalue weighted by molar-refractivity contribution is 0.0869. The Bertz CT molecular complexity index is 393. The summed E-state index contributed by atoms with van der Waals surface area (Å²) >= 11 is 0. The van der Waals surface area contributed by atoms with Gasteiger partial charge in [-0.1, -0.05) is 0 Å². The van der Waals surface area contributed by atoms with Crippen LogP contribution in [-0.2, 0) is 4.74 Å². The first-order chi connectivity index (χ1) is 8.00. The van der Waals surface area contributed by atoms with E-state index in [4.69, 9.17) is 16.2 Å². The lowest BCUT2D eigenvalue weighted by Gasteiger charge is -2.11. The number of nitrogens with zero attached hydrogens (tertiary/aromatic N) is 1. The van der Waals surface area contributed by atoms with Crippen molar-refractivity contribution in [3.63, 3.8) is 0 Å². The van der Waals surface area contributed by atoms with E-state index < -0.39 is 5.91 Å². The molecule has 6 nitrogen and oxygen atoms in total. The number of amides is 1. The third-order valence-corrected chi connectivity index (χ3v) is 2.02. The van der Waals surface area contributed by atoms with Crippen LogP contribution in [0.25, 0.3) is 0 Å². The number of nitrogens with one attached hydrogen (secondary N) is 1. The number of primary amides is 1. The number of pyridine rings is 1. The van der Waals surface area contributed by atoms with Crippen molar-refractivity contribution in [1.82, 2.24) is 4.98 Å². The molecule has 0 aliphatic rings. The van der Waals surface area contributed by atoms with Crippen LogP contribution in [0.3, 0.4) is 0 Å². The minimum absolute atomic E-state index is 0.173. The highest BCUT2D eigenvalue weighted by atomic mass is 16.5. The van der Waals surface area contributed by atoms with Gasteiger partial charge in [-0.15, -0.1) is 0 Å². The molecule has 0 aromatic carbocycles. The Hall–Kier alpha value is -1.82. The molecule has 1 aromatic rings. The summed E-state index contributed by atoms with van der Waals surface area (Å²) in [6.07, 6.45) is 1.64. The predicted molar refractivity (Wildman–Crippen MR) is 66.7 cm³/mol. The molecule has 94 valence electrons. The van der Waals surface area contributed by atoms with E-state index in [1.807, 2.05) is 13.8 Å². The maximum Gasteiger partial charge on any atom is 0.252 e. The van der Waals surface area contributed by atoms with E-state index in [0.29, 0.717) is 24.7 Å². The van der Waals surface area contributed by atoms with Crippen molar-refractivity contribution >= 4 is 17.4 Å². The van der Waals surface area contributed by atoms with Crippen LogP contribution in [0.5, 0.6) is 0 Å². The molecule has 1 amide bonds. The zero-order chi connectivity index (χ0) is 12.8. The molecule has 0 saturated carbocycles. The van der Waals surface area contributed by atoms with E-state index in [9.17, 15) is 4.79 Å². The summed E-state index contributed by atoms with van der Waals surface area (Å²) in [6, 6.07) is 1.50. The number of ether oxygens (including phenoxy) is 1. The summed E-state index contributed by atoms with van der Waals surface area (Å²) in [7, 11) is 0. The second-order valence-electron chi connectivity index (χ2n) is 3.88. The normalized spacial score (nSPS) is 10.5. The number of aromatic nitrogens is 1. The maximum absolute atomic E-state index is 11.2. The fourth-order valence-corrected chi connectivity index (χ4v) is 1.27. The molecule has 6 heteroatoms. The summed E-state index contributed by atoms with van der Waals surface area (Å²) in [5, 5.41) is 2.98. The topological polar surface area (TPSA) is 103 Å². The number of carbonyl (C=O) groups excluding carboxylic acids is 1. The van der Waals surface area contributed by atoms with Gasteiger partial charge in [-0.3, -0.25) is 4.79 Å². The Labute approximate surface area is 100 Å². The van der Waals surface area contributed by atoms with Crippen LogP contribution in [0.1, 0.15) is 24.2 Å². The standard InChI is InChI=1S/C11H18N4O2/c1-7(2)17-4-3-14-11-9(10(13)16)5-8(12)6-15-11/h5-7H,3-4,12H2,1-2H3,(H2,13,16)(H,14,15). The Morgan fingerprint density at radius 2 is 2.29 bits per heavy atom. The van der Waals surface area contributed by atoms with Crippen molar-refractivity contribution in [1.29, 1.82) is 0 Å². The minimum atomic E-state index is -0.558. The van der Waals surface area contributed by atoms with E-state index in [2.05, 4.69) is 10.3 Å². The first-order valence-electron chi connectivity index (χ1n) is 5.41. The fourth-order valence-electron chi connectivity index (χ4n) is 1.27. The molecule has 0 aliphatic heterocycles. The number of hydrogen-bond acceptors (Lipinski definition) is 5. The Kier molecular flexibility index (Phi) is 4.71. The van der Waals surface area contributed by atoms with E-state index in [0.717, 1.165) is 0 Å². The van der Waals surface area contributed by atoms with Crippen molar-refractivity contribution in [2.24, 2.45) is 5.73 Å². The molecule has 17 heavy (non-hydrogen) atoms. The Balaban J connectivity index is 2.61. The zero-order valence-corrected chi connectivity index (χ0v) is 10.1. The monoisotopic (exact) mass is 238 g/mol. The molecule has 0 saturated heterocycles. The molecule has 0 aliphatic carbocycles. The zero-order valence-electron chi connectivity index (χ0n) is 10.1. The Morgan fingerprint density at radius 3 is 2.88 bits per heavy atom. The predicted octanol–water partition coefficient (Wildman–Crippen LogP) is 0.600. The van der Waals surface area contributed by atoms with E-state index in [1.54, 1.807) is 0 Å². The average molecular weight is 238 g/mol. The van der Waals surface area contributed by atoms with Gasteiger partial charge in [0.15, 0.2) is 0 Å². The van der Waals surface area contributed by atoms with Gasteiger partial charge in [-0.25, -0.2) is 4.98 Å². The lowest BCUT2D eigenvalue weighted by atomic mass is 10.2. The SMILES string of the molecule is CC(C)OCCNc1ncc(N)cc1C(N)=O. The number of nitrogen functional groups attached to an aromatic ring is 1. The summed E-state index contributed by atoms with van der Waals surface area (Å²) < 4.78 is 5.36. The molecule has 0 spiro atoms. The van der Waals surface area contributed by atoms with Crippen LogP contribution in [0.4, 0.5) is 11.5 Å². The van der Waals surface area contributed by atoms with E-state index >= 15 is 0 Å². The third kappa shape index (κ3) is 4.28. The quantitative estimate of drug-likeness (QED) is 0.630. The number of rotatable bonds is 6. The molecule has 5 N–H and O–H groups in total. The van der Waals surface area contributed by atoms with Gasteiger partial charge in [-0.2, -0.15) is 0 Å². The number of carbonyl (C=O) groups is 1. The molecule has 0 radical (unpaired) electrons. The largest absolute Gasteiger partial charge is 0.397 e. The van der Waals surface area contributed by atoms with E-state index in [1.165, 1.54) is 12.3 Å². The van der Waals surface area contributed by atoms with Crippen LogP contribution >= 0.6 is 0 Å². The fraction of sp³-hybridized carbons (Fsp3) is 0.455. The van der Waals surface area contributed by atoms with Gasteiger partial charge < -0.3 is 21.5 Å².